The molecule has 1 aromatic carbocycles. The number of esters is 1. The predicted octanol–water partition coefficient (Wildman–Crippen LogP) is 2.15. The maximum atomic E-state index is 11.8. The Hall–Kier alpha value is -2.74. The van der Waals surface area contributed by atoms with Crippen LogP contribution in [0.2, 0.25) is 5.02 Å². The third-order valence-electron chi connectivity index (χ3n) is 3.10. The molecule has 0 fully saturated rings. The fraction of sp³-hybridized carbons (Fsp3) is 0.353. The third kappa shape index (κ3) is 6.29. The minimum atomic E-state index is -1.14. The molecule has 0 saturated carbocycles. The van der Waals surface area contributed by atoms with Gasteiger partial charge in [-0.1, -0.05) is 11.6 Å². The van der Waals surface area contributed by atoms with E-state index < -0.39 is 24.0 Å². The fourth-order valence-corrected chi connectivity index (χ4v) is 2.18. The number of rotatable bonds is 7. The second-order valence-electron chi connectivity index (χ2n) is 5.00. The molecular formula is C17H21ClN2O6. The molecule has 142 valence electrons. The Balaban J connectivity index is 2.71. The van der Waals surface area contributed by atoms with E-state index in [0.29, 0.717) is 28.6 Å². The van der Waals surface area contributed by atoms with E-state index in [4.69, 9.17) is 25.8 Å². The van der Waals surface area contributed by atoms with Crippen LogP contribution in [0.25, 0.3) is 6.08 Å². The molecule has 2 N–H and O–H groups in total. The van der Waals surface area contributed by atoms with Crippen molar-refractivity contribution in [2.24, 2.45) is 0 Å². The number of hydrogen-bond donors (Lipinski definition) is 2. The quantitative estimate of drug-likeness (QED) is 0.551. The van der Waals surface area contributed by atoms with Gasteiger partial charge in [-0.05, 0) is 37.6 Å². The first kappa shape index (κ1) is 21.3. The van der Waals surface area contributed by atoms with Gasteiger partial charge < -0.3 is 19.5 Å². The molecule has 3 amide bonds. The Morgan fingerprint density at radius 1 is 1.23 bits per heavy atom. The summed E-state index contributed by atoms with van der Waals surface area (Å²) in [4.78, 5) is 34.8. The first-order valence-corrected chi connectivity index (χ1v) is 8.09. The van der Waals surface area contributed by atoms with E-state index in [-0.39, 0.29) is 0 Å². The van der Waals surface area contributed by atoms with Gasteiger partial charge in [-0.15, -0.1) is 0 Å². The predicted molar refractivity (Wildman–Crippen MR) is 96.4 cm³/mol. The first-order valence-electron chi connectivity index (χ1n) is 7.71. The molecule has 1 aromatic rings. The Morgan fingerprint density at radius 3 is 2.50 bits per heavy atom. The lowest BCUT2D eigenvalue weighted by Gasteiger charge is -2.12. The van der Waals surface area contributed by atoms with Crippen molar-refractivity contribution in [1.82, 2.24) is 10.6 Å². The maximum Gasteiger partial charge on any atom is 0.331 e. The number of carbonyl (C=O) groups excluding carboxylic acids is 3. The molecule has 1 atom stereocenters. The monoisotopic (exact) mass is 384 g/mol. The highest BCUT2D eigenvalue weighted by Crippen LogP contribution is 2.36. The van der Waals surface area contributed by atoms with E-state index in [1.165, 1.54) is 27.2 Å². The van der Waals surface area contributed by atoms with E-state index in [0.717, 1.165) is 6.08 Å². The lowest BCUT2D eigenvalue weighted by Crippen LogP contribution is -2.44. The van der Waals surface area contributed by atoms with E-state index >= 15 is 0 Å². The topological polar surface area (TPSA) is 103 Å². The van der Waals surface area contributed by atoms with Crippen LogP contribution in [0.3, 0.4) is 0 Å². The highest BCUT2D eigenvalue weighted by Gasteiger charge is 2.18. The van der Waals surface area contributed by atoms with Gasteiger partial charge in [0.25, 0.3) is 5.91 Å². The van der Waals surface area contributed by atoms with Crippen LogP contribution in [0.4, 0.5) is 4.79 Å². The Morgan fingerprint density at radius 2 is 1.92 bits per heavy atom. The summed E-state index contributed by atoms with van der Waals surface area (Å²) in [7, 11) is 2.93. The Labute approximate surface area is 156 Å². The second-order valence-corrected chi connectivity index (χ2v) is 5.41. The molecule has 0 aromatic heterocycles. The average Bonchev–Trinajstić information content (AvgIpc) is 2.59. The smallest absolute Gasteiger partial charge is 0.331 e. The lowest BCUT2D eigenvalue weighted by atomic mass is 10.2. The van der Waals surface area contributed by atoms with Crippen LogP contribution in [0.5, 0.6) is 11.5 Å². The third-order valence-corrected chi connectivity index (χ3v) is 3.38. The van der Waals surface area contributed by atoms with Crippen molar-refractivity contribution >= 4 is 35.6 Å². The summed E-state index contributed by atoms with van der Waals surface area (Å²) in [5.41, 5.74) is 0.573. The highest BCUT2D eigenvalue weighted by molar-refractivity contribution is 6.32. The van der Waals surface area contributed by atoms with Crippen molar-refractivity contribution in [2.45, 2.75) is 20.0 Å². The van der Waals surface area contributed by atoms with Crippen molar-refractivity contribution in [1.29, 1.82) is 0 Å². The van der Waals surface area contributed by atoms with Crippen LogP contribution >= 0.6 is 11.6 Å². The first-order chi connectivity index (χ1) is 12.3. The average molecular weight is 385 g/mol. The molecule has 0 saturated heterocycles. The van der Waals surface area contributed by atoms with E-state index in [2.05, 4.69) is 10.6 Å². The van der Waals surface area contributed by atoms with Crippen molar-refractivity contribution in [2.75, 3.05) is 20.8 Å². The molecule has 0 aliphatic carbocycles. The van der Waals surface area contributed by atoms with Gasteiger partial charge in [0, 0.05) is 12.6 Å². The van der Waals surface area contributed by atoms with Gasteiger partial charge in [-0.25, -0.2) is 9.59 Å². The number of amides is 3. The summed E-state index contributed by atoms with van der Waals surface area (Å²) >= 11 is 6.08. The van der Waals surface area contributed by atoms with Crippen molar-refractivity contribution in [3.05, 3.63) is 28.8 Å². The maximum absolute atomic E-state index is 11.8. The van der Waals surface area contributed by atoms with E-state index in [1.54, 1.807) is 19.1 Å². The van der Waals surface area contributed by atoms with Crippen molar-refractivity contribution in [3.63, 3.8) is 0 Å². The molecule has 0 heterocycles. The summed E-state index contributed by atoms with van der Waals surface area (Å²) in [5.74, 6) is -0.700. The van der Waals surface area contributed by atoms with E-state index in [9.17, 15) is 14.4 Å². The zero-order valence-electron chi connectivity index (χ0n) is 14.9. The van der Waals surface area contributed by atoms with Gasteiger partial charge >= 0.3 is 12.0 Å². The SMILES string of the molecule is CCNC(=O)NC(=O)C(C)OC(=O)/C=C/c1cc(Cl)c(OC)c(OC)c1. The molecular weight excluding hydrogens is 364 g/mol. The standard InChI is InChI=1S/C17H21ClN2O6/c1-5-19-17(23)20-16(22)10(2)26-14(21)7-6-11-8-12(18)15(25-4)13(9-11)24-3/h6-10H,5H2,1-4H3,(H2,19,20,22,23)/b7-6+. The van der Waals surface area contributed by atoms with Gasteiger partial charge in [0.1, 0.15) is 0 Å². The molecule has 1 unspecified atom stereocenters. The Kier molecular flexibility index (Phi) is 8.44. The number of hydrogen-bond acceptors (Lipinski definition) is 6. The van der Waals surface area contributed by atoms with Crippen LogP contribution in [0.1, 0.15) is 19.4 Å². The molecule has 9 heteroatoms. The van der Waals surface area contributed by atoms with Gasteiger partial charge in [0.05, 0.1) is 19.2 Å². The summed E-state index contributed by atoms with van der Waals surface area (Å²) in [6.07, 6.45) is 1.45. The summed E-state index contributed by atoms with van der Waals surface area (Å²) < 4.78 is 15.2. The molecule has 0 aliphatic heterocycles. The van der Waals surface area contributed by atoms with E-state index in [1.807, 2.05) is 0 Å². The number of nitrogens with one attached hydrogen (secondary N) is 2. The van der Waals surface area contributed by atoms with Crippen LogP contribution in [0.15, 0.2) is 18.2 Å². The summed E-state index contributed by atoms with van der Waals surface area (Å²) in [6, 6.07) is 2.55. The number of benzene rings is 1. The van der Waals surface area contributed by atoms with Crippen LogP contribution in [-0.2, 0) is 14.3 Å². The molecule has 1 rings (SSSR count). The molecule has 26 heavy (non-hydrogen) atoms. The largest absolute Gasteiger partial charge is 0.493 e. The lowest BCUT2D eigenvalue weighted by molar-refractivity contribution is -0.149. The summed E-state index contributed by atoms with van der Waals surface area (Å²) in [6.45, 7) is 3.43. The Bertz CT molecular complexity index is 705. The van der Waals surface area contributed by atoms with Gasteiger partial charge in [0.2, 0.25) is 0 Å². The van der Waals surface area contributed by atoms with Gasteiger partial charge in [0.15, 0.2) is 17.6 Å². The number of ether oxygens (including phenoxy) is 3. The van der Waals surface area contributed by atoms with Crippen LogP contribution < -0.4 is 20.1 Å². The number of imide groups is 1. The molecule has 0 aliphatic rings. The molecule has 8 nitrogen and oxygen atoms in total. The molecule has 0 bridgehead atoms. The van der Waals surface area contributed by atoms with Crippen LogP contribution in [-0.4, -0.2) is 44.8 Å². The zero-order chi connectivity index (χ0) is 19.7. The van der Waals surface area contributed by atoms with Crippen LogP contribution in [0, 0.1) is 0 Å². The van der Waals surface area contributed by atoms with Gasteiger partial charge in [-0.2, -0.15) is 0 Å². The number of carbonyl (C=O) groups is 3. The van der Waals surface area contributed by atoms with Crippen molar-refractivity contribution in [3.8, 4) is 11.5 Å². The normalized spacial score (nSPS) is 11.6. The highest BCUT2D eigenvalue weighted by atomic mass is 35.5. The number of urea groups is 1. The number of methoxy groups -OCH3 is 2. The molecule has 0 radical (unpaired) electrons. The summed E-state index contributed by atoms with van der Waals surface area (Å²) in [5, 5.41) is 4.77. The molecule has 0 spiro atoms. The van der Waals surface area contributed by atoms with Crippen molar-refractivity contribution < 1.29 is 28.6 Å². The minimum Gasteiger partial charge on any atom is -0.493 e. The van der Waals surface area contributed by atoms with Gasteiger partial charge in [-0.3, -0.25) is 10.1 Å². The minimum absolute atomic E-state index is 0.314. The second kappa shape index (κ2) is 10.3. The number of halogens is 1. The zero-order valence-corrected chi connectivity index (χ0v) is 15.7. The fourth-order valence-electron chi connectivity index (χ4n) is 1.88.